The van der Waals surface area contributed by atoms with E-state index in [0.717, 1.165) is 30.3 Å². The fourth-order valence-electron chi connectivity index (χ4n) is 3.00. The fraction of sp³-hybridized carbons (Fsp3) is 0.467. The third-order valence-corrected chi connectivity index (χ3v) is 3.85. The Balaban J connectivity index is 2.09. The molecule has 0 fully saturated rings. The van der Waals surface area contributed by atoms with Gasteiger partial charge in [0.1, 0.15) is 6.54 Å². The van der Waals surface area contributed by atoms with Crippen molar-refractivity contribution in [3.8, 4) is 0 Å². The normalized spacial score (nSPS) is 18.0. The number of hydrogen-bond donors (Lipinski definition) is 1. The zero-order valence-corrected chi connectivity index (χ0v) is 11.6. The molecule has 1 atom stereocenters. The quantitative estimate of drug-likeness (QED) is 0.859. The minimum Gasteiger partial charge on any atom is -0.465 e. The van der Waals surface area contributed by atoms with E-state index < -0.39 is 0 Å². The maximum atomic E-state index is 11.8. The number of ether oxygens (including phenoxy) is 1. The first kappa shape index (κ1) is 13.1. The molecule has 0 spiro atoms. The number of nitrogens with two attached hydrogens (primary N) is 1. The SMILES string of the molecule is CCOC(=O)Cn1c2c(c3ncccc31)CC(N)CC2. The van der Waals surface area contributed by atoms with Gasteiger partial charge in [-0.3, -0.25) is 9.78 Å². The molecule has 5 heteroatoms. The van der Waals surface area contributed by atoms with Crippen molar-refractivity contribution in [3.05, 3.63) is 29.6 Å². The summed E-state index contributed by atoms with van der Waals surface area (Å²) in [5, 5.41) is 0. The van der Waals surface area contributed by atoms with Crippen molar-refractivity contribution < 1.29 is 9.53 Å². The maximum Gasteiger partial charge on any atom is 0.325 e. The number of hydrogen-bond acceptors (Lipinski definition) is 4. The van der Waals surface area contributed by atoms with E-state index in [-0.39, 0.29) is 18.6 Å². The lowest BCUT2D eigenvalue weighted by Crippen LogP contribution is -2.29. The third-order valence-electron chi connectivity index (χ3n) is 3.85. The predicted octanol–water partition coefficient (Wildman–Crippen LogP) is 1.42. The van der Waals surface area contributed by atoms with Gasteiger partial charge >= 0.3 is 5.97 Å². The zero-order chi connectivity index (χ0) is 14.1. The molecule has 0 bridgehead atoms. The molecular formula is C15H19N3O2. The first-order valence-electron chi connectivity index (χ1n) is 7.07. The largest absolute Gasteiger partial charge is 0.465 e. The summed E-state index contributed by atoms with van der Waals surface area (Å²) in [6, 6.07) is 4.09. The highest BCUT2D eigenvalue weighted by Crippen LogP contribution is 2.30. The Morgan fingerprint density at radius 1 is 1.60 bits per heavy atom. The monoisotopic (exact) mass is 273 g/mol. The highest BCUT2D eigenvalue weighted by atomic mass is 16.5. The molecule has 1 unspecified atom stereocenters. The van der Waals surface area contributed by atoms with Crippen molar-refractivity contribution in [2.45, 2.75) is 38.8 Å². The summed E-state index contributed by atoms with van der Waals surface area (Å²) >= 11 is 0. The number of esters is 1. The molecule has 0 aliphatic heterocycles. The number of carbonyl (C=O) groups excluding carboxylic acids is 1. The van der Waals surface area contributed by atoms with Crippen molar-refractivity contribution in [3.63, 3.8) is 0 Å². The van der Waals surface area contributed by atoms with Gasteiger partial charge in [0.2, 0.25) is 0 Å². The van der Waals surface area contributed by atoms with Crippen molar-refractivity contribution in [2.24, 2.45) is 5.73 Å². The molecule has 106 valence electrons. The van der Waals surface area contributed by atoms with Crippen LogP contribution in [0.15, 0.2) is 18.3 Å². The van der Waals surface area contributed by atoms with Crippen LogP contribution in [0.4, 0.5) is 0 Å². The fourth-order valence-corrected chi connectivity index (χ4v) is 3.00. The second-order valence-corrected chi connectivity index (χ2v) is 5.19. The average Bonchev–Trinajstić information content (AvgIpc) is 2.74. The van der Waals surface area contributed by atoms with Crippen LogP contribution in [0.5, 0.6) is 0 Å². The second-order valence-electron chi connectivity index (χ2n) is 5.19. The zero-order valence-electron chi connectivity index (χ0n) is 11.6. The van der Waals surface area contributed by atoms with E-state index in [1.807, 2.05) is 23.6 Å². The standard InChI is InChI=1S/C15H19N3O2/c1-2-20-14(19)9-18-12-6-5-10(16)8-11(12)15-13(18)4-3-7-17-15/h3-4,7,10H,2,5-6,8-9,16H2,1H3. The van der Waals surface area contributed by atoms with Crippen LogP contribution < -0.4 is 5.73 Å². The van der Waals surface area contributed by atoms with Crippen LogP contribution in [0.1, 0.15) is 24.6 Å². The molecule has 2 heterocycles. The molecule has 0 radical (unpaired) electrons. The van der Waals surface area contributed by atoms with Gasteiger partial charge in [-0.2, -0.15) is 0 Å². The van der Waals surface area contributed by atoms with Crippen LogP contribution in [0.25, 0.3) is 11.0 Å². The Morgan fingerprint density at radius 3 is 3.25 bits per heavy atom. The van der Waals surface area contributed by atoms with Crippen LogP contribution in [-0.4, -0.2) is 28.2 Å². The summed E-state index contributed by atoms with van der Waals surface area (Å²) in [5.74, 6) is -0.203. The molecule has 1 aliphatic carbocycles. The van der Waals surface area contributed by atoms with E-state index >= 15 is 0 Å². The van der Waals surface area contributed by atoms with E-state index in [2.05, 4.69) is 4.98 Å². The second kappa shape index (κ2) is 5.25. The number of carbonyl (C=O) groups is 1. The number of fused-ring (bicyclic) bond motifs is 3. The summed E-state index contributed by atoms with van der Waals surface area (Å²) in [7, 11) is 0. The molecule has 20 heavy (non-hydrogen) atoms. The number of nitrogens with zero attached hydrogens (tertiary/aromatic N) is 2. The lowest BCUT2D eigenvalue weighted by Gasteiger charge is -2.20. The van der Waals surface area contributed by atoms with Crippen molar-refractivity contribution >= 4 is 17.0 Å². The number of aromatic nitrogens is 2. The molecule has 0 saturated carbocycles. The van der Waals surface area contributed by atoms with Crippen LogP contribution in [0, 0.1) is 0 Å². The van der Waals surface area contributed by atoms with Gasteiger partial charge in [-0.15, -0.1) is 0 Å². The Morgan fingerprint density at radius 2 is 2.45 bits per heavy atom. The molecular weight excluding hydrogens is 254 g/mol. The van der Waals surface area contributed by atoms with Gasteiger partial charge in [-0.25, -0.2) is 0 Å². The van der Waals surface area contributed by atoms with Crippen molar-refractivity contribution in [1.29, 1.82) is 0 Å². The molecule has 3 rings (SSSR count). The van der Waals surface area contributed by atoms with Gasteiger partial charge < -0.3 is 15.0 Å². The van der Waals surface area contributed by atoms with Crippen molar-refractivity contribution in [1.82, 2.24) is 9.55 Å². The summed E-state index contributed by atoms with van der Waals surface area (Å²) in [5.41, 5.74) is 10.4. The van der Waals surface area contributed by atoms with Gasteiger partial charge in [0.15, 0.2) is 0 Å². The van der Waals surface area contributed by atoms with E-state index in [9.17, 15) is 4.79 Å². The van der Waals surface area contributed by atoms with E-state index in [1.54, 1.807) is 6.20 Å². The van der Waals surface area contributed by atoms with Crippen molar-refractivity contribution in [2.75, 3.05) is 6.61 Å². The van der Waals surface area contributed by atoms with Crippen LogP contribution in [-0.2, 0) is 28.9 Å². The number of pyridine rings is 1. The third kappa shape index (κ3) is 2.18. The lowest BCUT2D eigenvalue weighted by molar-refractivity contribution is -0.143. The molecule has 0 saturated heterocycles. The van der Waals surface area contributed by atoms with Gasteiger partial charge in [0, 0.05) is 23.5 Å². The highest BCUT2D eigenvalue weighted by Gasteiger charge is 2.25. The van der Waals surface area contributed by atoms with Gasteiger partial charge in [-0.1, -0.05) is 0 Å². The number of rotatable bonds is 3. The molecule has 2 aromatic rings. The summed E-state index contributed by atoms with van der Waals surface area (Å²) in [6.07, 6.45) is 4.47. The molecule has 0 aromatic carbocycles. The molecule has 2 N–H and O–H groups in total. The smallest absolute Gasteiger partial charge is 0.325 e. The first-order chi connectivity index (χ1) is 9.70. The predicted molar refractivity (Wildman–Crippen MR) is 76.4 cm³/mol. The van der Waals surface area contributed by atoms with Gasteiger partial charge in [0.05, 0.1) is 17.6 Å². The van der Waals surface area contributed by atoms with Crippen LogP contribution in [0.3, 0.4) is 0 Å². The summed E-state index contributed by atoms with van der Waals surface area (Å²) < 4.78 is 7.11. The van der Waals surface area contributed by atoms with Gasteiger partial charge in [0.25, 0.3) is 0 Å². The molecule has 1 aliphatic rings. The van der Waals surface area contributed by atoms with E-state index in [4.69, 9.17) is 10.5 Å². The first-order valence-corrected chi connectivity index (χ1v) is 7.07. The Hall–Kier alpha value is -1.88. The minimum absolute atomic E-state index is 0.186. The molecule has 0 amide bonds. The van der Waals surface area contributed by atoms with E-state index in [0.29, 0.717) is 6.61 Å². The Labute approximate surface area is 117 Å². The van der Waals surface area contributed by atoms with Crippen LogP contribution >= 0.6 is 0 Å². The highest BCUT2D eigenvalue weighted by molar-refractivity contribution is 5.83. The minimum atomic E-state index is -0.203. The van der Waals surface area contributed by atoms with E-state index in [1.165, 1.54) is 11.3 Å². The van der Waals surface area contributed by atoms with Gasteiger partial charge in [-0.05, 0) is 38.3 Å². The molecule has 5 nitrogen and oxygen atoms in total. The molecule has 2 aromatic heterocycles. The average molecular weight is 273 g/mol. The Bertz CT molecular complexity index is 648. The topological polar surface area (TPSA) is 70.1 Å². The lowest BCUT2D eigenvalue weighted by atomic mass is 9.93. The summed E-state index contributed by atoms with van der Waals surface area (Å²) in [6.45, 7) is 2.48. The van der Waals surface area contributed by atoms with Crippen LogP contribution in [0.2, 0.25) is 0 Å². The maximum absolute atomic E-state index is 11.8. The Kier molecular flexibility index (Phi) is 3.44. The summed E-state index contributed by atoms with van der Waals surface area (Å²) in [4.78, 5) is 16.3.